The summed E-state index contributed by atoms with van der Waals surface area (Å²) in [6.45, 7) is 7.52. The highest BCUT2D eigenvalue weighted by atomic mass is 16.3. The Morgan fingerprint density at radius 3 is 2.30 bits per heavy atom. The highest BCUT2D eigenvalue weighted by Crippen LogP contribution is 2.18. The lowest BCUT2D eigenvalue weighted by atomic mass is 10.0. The lowest BCUT2D eigenvalue weighted by Crippen LogP contribution is -2.21. The van der Waals surface area contributed by atoms with Crippen LogP contribution in [0.15, 0.2) is 42.5 Å². The molecule has 2 N–H and O–H groups in total. The molecule has 0 saturated carbocycles. The second-order valence-electron chi connectivity index (χ2n) is 5.49. The Balaban J connectivity index is 1.90. The van der Waals surface area contributed by atoms with Crippen LogP contribution in [0.1, 0.15) is 33.9 Å². The van der Waals surface area contributed by atoms with E-state index in [1.54, 1.807) is 0 Å². The molecule has 0 fully saturated rings. The molecule has 0 aliphatic heterocycles. The van der Waals surface area contributed by atoms with Crippen LogP contribution in [0.5, 0.6) is 0 Å². The summed E-state index contributed by atoms with van der Waals surface area (Å²) in [5.74, 6) is 0. The fourth-order valence-corrected chi connectivity index (χ4v) is 2.29. The van der Waals surface area contributed by atoms with E-state index in [4.69, 9.17) is 0 Å². The topological polar surface area (TPSA) is 32.3 Å². The van der Waals surface area contributed by atoms with Gasteiger partial charge in [0.25, 0.3) is 0 Å². The summed E-state index contributed by atoms with van der Waals surface area (Å²) in [5.41, 5.74) is 5.85. The van der Waals surface area contributed by atoms with E-state index in [0.717, 1.165) is 17.7 Å². The smallest absolute Gasteiger partial charge is 0.0917 e. The summed E-state index contributed by atoms with van der Waals surface area (Å²) in [6.07, 6.45) is -0.458. The average molecular weight is 269 g/mol. The number of benzene rings is 2. The Morgan fingerprint density at radius 1 is 0.950 bits per heavy atom. The van der Waals surface area contributed by atoms with E-state index in [9.17, 15) is 5.11 Å². The number of aliphatic hydroxyl groups is 1. The van der Waals surface area contributed by atoms with Crippen molar-refractivity contribution in [1.29, 1.82) is 0 Å². The van der Waals surface area contributed by atoms with Gasteiger partial charge in [0, 0.05) is 13.1 Å². The van der Waals surface area contributed by atoms with Gasteiger partial charge in [0.05, 0.1) is 6.10 Å². The monoisotopic (exact) mass is 269 g/mol. The summed E-state index contributed by atoms with van der Waals surface area (Å²) in [6, 6.07) is 14.7. The Bertz CT molecular complexity index is 560. The lowest BCUT2D eigenvalue weighted by Gasteiger charge is -2.15. The van der Waals surface area contributed by atoms with Crippen LogP contribution in [0, 0.1) is 20.8 Å². The molecule has 2 aromatic carbocycles. The predicted octanol–water partition coefficient (Wildman–Crippen LogP) is 3.44. The molecule has 0 radical (unpaired) electrons. The number of aryl methyl sites for hydroxylation is 3. The highest BCUT2D eigenvalue weighted by Gasteiger charge is 2.10. The molecule has 2 nitrogen and oxygen atoms in total. The Kier molecular flexibility index (Phi) is 4.94. The van der Waals surface area contributed by atoms with Gasteiger partial charge in [0.2, 0.25) is 0 Å². The van der Waals surface area contributed by atoms with Crippen molar-refractivity contribution < 1.29 is 5.11 Å². The van der Waals surface area contributed by atoms with Crippen LogP contribution in [0.2, 0.25) is 0 Å². The predicted molar refractivity (Wildman–Crippen MR) is 83.8 cm³/mol. The highest BCUT2D eigenvalue weighted by molar-refractivity contribution is 5.32. The lowest BCUT2D eigenvalue weighted by molar-refractivity contribution is 0.173. The van der Waals surface area contributed by atoms with Crippen molar-refractivity contribution in [3.8, 4) is 0 Å². The van der Waals surface area contributed by atoms with Gasteiger partial charge >= 0.3 is 0 Å². The largest absolute Gasteiger partial charge is 0.387 e. The van der Waals surface area contributed by atoms with Gasteiger partial charge in [0.15, 0.2) is 0 Å². The Morgan fingerprint density at radius 2 is 1.60 bits per heavy atom. The molecule has 0 aliphatic carbocycles. The molecule has 0 aliphatic rings. The van der Waals surface area contributed by atoms with Crippen molar-refractivity contribution in [3.05, 3.63) is 70.3 Å². The summed E-state index contributed by atoms with van der Waals surface area (Å²) in [7, 11) is 0. The maximum atomic E-state index is 10.3. The zero-order chi connectivity index (χ0) is 14.5. The number of aliphatic hydroxyl groups excluding tert-OH is 1. The zero-order valence-corrected chi connectivity index (χ0v) is 12.5. The normalized spacial score (nSPS) is 12.4. The Labute approximate surface area is 121 Å². The molecular formula is C18H23NO. The number of rotatable bonds is 5. The van der Waals surface area contributed by atoms with E-state index < -0.39 is 6.10 Å². The summed E-state index contributed by atoms with van der Waals surface area (Å²) in [5, 5.41) is 13.6. The first-order chi connectivity index (χ1) is 9.56. The molecule has 1 atom stereocenters. The first-order valence-corrected chi connectivity index (χ1v) is 7.08. The molecule has 20 heavy (non-hydrogen) atoms. The van der Waals surface area contributed by atoms with Gasteiger partial charge < -0.3 is 10.4 Å². The summed E-state index contributed by atoms with van der Waals surface area (Å²) < 4.78 is 0. The Hall–Kier alpha value is -1.64. The van der Waals surface area contributed by atoms with Crippen LogP contribution in [-0.4, -0.2) is 11.7 Å². The van der Waals surface area contributed by atoms with Crippen LogP contribution in [0.3, 0.4) is 0 Å². The van der Waals surface area contributed by atoms with E-state index in [2.05, 4.69) is 61.6 Å². The minimum absolute atomic E-state index is 0.458. The van der Waals surface area contributed by atoms with Gasteiger partial charge in [0.1, 0.15) is 0 Å². The molecule has 106 valence electrons. The summed E-state index contributed by atoms with van der Waals surface area (Å²) in [4.78, 5) is 0. The van der Waals surface area contributed by atoms with Crippen molar-refractivity contribution >= 4 is 0 Å². The molecule has 2 heteroatoms. The van der Waals surface area contributed by atoms with Crippen LogP contribution >= 0.6 is 0 Å². The molecule has 0 spiro atoms. The number of nitrogens with one attached hydrogen (secondary N) is 1. The molecular weight excluding hydrogens is 246 g/mol. The molecule has 0 bridgehead atoms. The SMILES string of the molecule is Cc1ccc(CNCC(O)c2cc(C)ccc2C)cc1. The van der Waals surface area contributed by atoms with E-state index in [0.29, 0.717) is 6.54 Å². The number of hydrogen-bond donors (Lipinski definition) is 2. The average Bonchev–Trinajstić information content (AvgIpc) is 2.43. The van der Waals surface area contributed by atoms with E-state index >= 15 is 0 Å². The van der Waals surface area contributed by atoms with Gasteiger partial charge in [-0.2, -0.15) is 0 Å². The van der Waals surface area contributed by atoms with Crippen molar-refractivity contribution in [2.45, 2.75) is 33.4 Å². The van der Waals surface area contributed by atoms with Crippen LogP contribution < -0.4 is 5.32 Å². The van der Waals surface area contributed by atoms with Gasteiger partial charge in [-0.25, -0.2) is 0 Å². The second kappa shape index (κ2) is 6.69. The maximum Gasteiger partial charge on any atom is 0.0917 e. The second-order valence-corrected chi connectivity index (χ2v) is 5.49. The van der Waals surface area contributed by atoms with Crippen molar-refractivity contribution in [2.75, 3.05) is 6.54 Å². The first-order valence-electron chi connectivity index (χ1n) is 7.08. The van der Waals surface area contributed by atoms with Crippen molar-refractivity contribution in [2.24, 2.45) is 0 Å². The first kappa shape index (κ1) is 14.8. The van der Waals surface area contributed by atoms with Crippen LogP contribution in [0.25, 0.3) is 0 Å². The molecule has 0 aromatic heterocycles. The molecule has 2 aromatic rings. The quantitative estimate of drug-likeness (QED) is 0.871. The maximum absolute atomic E-state index is 10.3. The molecule has 2 rings (SSSR count). The minimum Gasteiger partial charge on any atom is -0.387 e. The van der Waals surface area contributed by atoms with Crippen LogP contribution in [0.4, 0.5) is 0 Å². The fourth-order valence-electron chi connectivity index (χ4n) is 2.29. The standard InChI is InChI=1S/C18H23NO/c1-13-5-8-16(9-6-13)11-19-12-18(20)17-10-14(2)4-7-15(17)3/h4-10,18-20H,11-12H2,1-3H3. The summed E-state index contributed by atoms with van der Waals surface area (Å²) >= 11 is 0. The molecule has 0 amide bonds. The third-order valence-electron chi connectivity index (χ3n) is 3.58. The zero-order valence-electron chi connectivity index (χ0n) is 12.5. The number of hydrogen-bond acceptors (Lipinski definition) is 2. The van der Waals surface area contributed by atoms with Gasteiger partial charge in [-0.3, -0.25) is 0 Å². The van der Waals surface area contributed by atoms with E-state index in [1.807, 2.05) is 6.92 Å². The third-order valence-corrected chi connectivity index (χ3v) is 3.58. The van der Waals surface area contributed by atoms with Crippen molar-refractivity contribution in [1.82, 2.24) is 5.32 Å². The van der Waals surface area contributed by atoms with Crippen molar-refractivity contribution in [3.63, 3.8) is 0 Å². The van der Waals surface area contributed by atoms with Gasteiger partial charge in [-0.05, 0) is 37.5 Å². The molecule has 0 heterocycles. The van der Waals surface area contributed by atoms with E-state index in [1.165, 1.54) is 16.7 Å². The van der Waals surface area contributed by atoms with E-state index in [-0.39, 0.29) is 0 Å². The molecule has 1 unspecified atom stereocenters. The van der Waals surface area contributed by atoms with Crippen LogP contribution in [-0.2, 0) is 6.54 Å². The van der Waals surface area contributed by atoms with Gasteiger partial charge in [-0.15, -0.1) is 0 Å². The van der Waals surface area contributed by atoms with Gasteiger partial charge in [-0.1, -0.05) is 53.6 Å². The molecule has 0 saturated heterocycles. The minimum atomic E-state index is -0.458. The fraction of sp³-hybridized carbons (Fsp3) is 0.333. The third kappa shape index (κ3) is 3.92.